The lowest BCUT2D eigenvalue weighted by atomic mass is 10.1. The van der Waals surface area contributed by atoms with Gasteiger partial charge in [-0.1, -0.05) is 30.3 Å². The molecule has 6 heteroatoms. The van der Waals surface area contributed by atoms with E-state index in [1.165, 1.54) is 4.90 Å². The van der Waals surface area contributed by atoms with Crippen LogP contribution in [0.25, 0.3) is 0 Å². The number of piperidine rings is 1. The molecule has 1 saturated heterocycles. The molecule has 0 spiro atoms. The molecule has 3 rings (SSSR count). The highest BCUT2D eigenvalue weighted by Crippen LogP contribution is 2.30. The van der Waals surface area contributed by atoms with E-state index in [2.05, 4.69) is 15.9 Å². The van der Waals surface area contributed by atoms with E-state index in [0.717, 1.165) is 5.56 Å². The molecule has 2 aromatic carbocycles. The zero-order valence-corrected chi connectivity index (χ0v) is 15.1. The third-order valence-corrected chi connectivity index (χ3v) is 4.76. The Morgan fingerprint density at radius 3 is 2.64 bits per heavy atom. The van der Waals surface area contributed by atoms with E-state index in [0.29, 0.717) is 35.4 Å². The molecular weight excluding hydrogens is 392 g/mol. The third-order valence-electron chi connectivity index (χ3n) is 4.10. The van der Waals surface area contributed by atoms with Gasteiger partial charge in [0.05, 0.1) is 12.1 Å². The summed E-state index contributed by atoms with van der Waals surface area (Å²) < 4.78 is 33.3. The Kier molecular flexibility index (Phi) is 5.37. The van der Waals surface area contributed by atoms with E-state index in [4.69, 9.17) is 4.74 Å². The van der Waals surface area contributed by atoms with Gasteiger partial charge in [0, 0.05) is 17.4 Å². The minimum atomic E-state index is -2.81. The van der Waals surface area contributed by atoms with Crippen LogP contribution in [0.2, 0.25) is 0 Å². The SMILES string of the molecule is O=C(c1ccc(OCc2ccccc2)cc1Br)N1CCCC(F)(F)C1. The number of nitrogens with zero attached hydrogens (tertiary/aromatic N) is 1. The van der Waals surface area contributed by atoms with Gasteiger partial charge in [-0.15, -0.1) is 0 Å². The molecule has 0 saturated carbocycles. The Balaban J connectivity index is 1.68. The van der Waals surface area contributed by atoms with E-state index in [1.807, 2.05) is 30.3 Å². The number of benzene rings is 2. The number of amides is 1. The summed E-state index contributed by atoms with van der Waals surface area (Å²) in [6.45, 7) is 0.247. The number of likely N-dealkylation sites (tertiary alicyclic amines) is 1. The van der Waals surface area contributed by atoms with Gasteiger partial charge in [0.1, 0.15) is 12.4 Å². The second-order valence-corrected chi connectivity index (χ2v) is 6.96. The lowest BCUT2D eigenvalue weighted by molar-refractivity contribution is -0.0560. The van der Waals surface area contributed by atoms with Crippen molar-refractivity contribution in [2.24, 2.45) is 0 Å². The Hall–Kier alpha value is -1.95. The van der Waals surface area contributed by atoms with Gasteiger partial charge in [-0.25, -0.2) is 8.78 Å². The van der Waals surface area contributed by atoms with Crippen molar-refractivity contribution in [2.45, 2.75) is 25.4 Å². The number of carbonyl (C=O) groups excluding carboxylic acids is 1. The van der Waals surface area contributed by atoms with Gasteiger partial charge in [-0.2, -0.15) is 0 Å². The Bertz CT molecular complexity index is 752. The van der Waals surface area contributed by atoms with Crippen molar-refractivity contribution in [1.29, 1.82) is 0 Å². The molecule has 132 valence electrons. The first kappa shape index (κ1) is 17.9. The van der Waals surface area contributed by atoms with Gasteiger partial charge in [0.25, 0.3) is 11.8 Å². The molecule has 1 aliphatic rings. The number of alkyl halides is 2. The first-order chi connectivity index (χ1) is 11.9. The highest BCUT2D eigenvalue weighted by Gasteiger charge is 2.37. The third kappa shape index (κ3) is 4.57. The van der Waals surface area contributed by atoms with E-state index >= 15 is 0 Å². The first-order valence-corrected chi connectivity index (χ1v) is 8.87. The lowest BCUT2D eigenvalue weighted by Gasteiger charge is -2.32. The van der Waals surface area contributed by atoms with Crippen molar-refractivity contribution < 1.29 is 18.3 Å². The van der Waals surface area contributed by atoms with Crippen LogP contribution in [-0.2, 0) is 6.61 Å². The topological polar surface area (TPSA) is 29.5 Å². The maximum atomic E-state index is 13.5. The Labute approximate surface area is 153 Å². The van der Waals surface area contributed by atoms with Gasteiger partial charge in [0.2, 0.25) is 0 Å². The molecule has 25 heavy (non-hydrogen) atoms. The van der Waals surface area contributed by atoms with Crippen LogP contribution in [0.1, 0.15) is 28.8 Å². The molecule has 1 heterocycles. The van der Waals surface area contributed by atoms with Crippen LogP contribution in [0, 0.1) is 0 Å². The molecule has 3 nitrogen and oxygen atoms in total. The highest BCUT2D eigenvalue weighted by molar-refractivity contribution is 9.10. The van der Waals surface area contributed by atoms with Crippen molar-refractivity contribution in [3.05, 3.63) is 64.1 Å². The molecule has 0 atom stereocenters. The average Bonchev–Trinajstić information content (AvgIpc) is 2.59. The fourth-order valence-corrected chi connectivity index (χ4v) is 3.34. The minimum Gasteiger partial charge on any atom is -0.489 e. The monoisotopic (exact) mass is 409 g/mol. The first-order valence-electron chi connectivity index (χ1n) is 8.08. The smallest absolute Gasteiger partial charge is 0.265 e. The second-order valence-electron chi connectivity index (χ2n) is 6.10. The summed E-state index contributed by atoms with van der Waals surface area (Å²) in [6.07, 6.45) is 0.152. The maximum absolute atomic E-state index is 13.5. The fraction of sp³-hybridized carbons (Fsp3) is 0.316. The van der Waals surface area contributed by atoms with E-state index in [9.17, 15) is 13.6 Å². The van der Waals surface area contributed by atoms with Crippen LogP contribution in [-0.4, -0.2) is 29.8 Å². The van der Waals surface area contributed by atoms with Crippen molar-refractivity contribution in [1.82, 2.24) is 4.90 Å². The van der Waals surface area contributed by atoms with E-state index in [1.54, 1.807) is 18.2 Å². The number of rotatable bonds is 4. The van der Waals surface area contributed by atoms with Gasteiger partial charge < -0.3 is 9.64 Å². The van der Waals surface area contributed by atoms with Crippen LogP contribution >= 0.6 is 15.9 Å². The molecular formula is C19H18BrF2NO2. The molecule has 0 N–H and O–H groups in total. The Morgan fingerprint density at radius 1 is 1.20 bits per heavy atom. The summed E-state index contributed by atoms with van der Waals surface area (Å²) in [7, 11) is 0. The lowest BCUT2D eigenvalue weighted by Crippen LogP contribution is -2.45. The number of hydrogen-bond acceptors (Lipinski definition) is 2. The van der Waals surface area contributed by atoms with Gasteiger partial charge in [0.15, 0.2) is 0 Å². The van der Waals surface area contributed by atoms with Gasteiger partial charge >= 0.3 is 0 Å². The summed E-state index contributed by atoms with van der Waals surface area (Å²) in [4.78, 5) is 13.7. The van der Waals surface area contributed by atoms with Crippen molar-refractivity contribution in [3.63, 3.8) is 0 Å². The second kappa shape index (κ2) is 7.52. The molecule has 0 aromatic heterocycles. The Morgan fingerprint density at radius 2 is 1.96 bits per heavy atom. The van der Waals surface area contributed by atoms with Crippen LogP contribution in [0.4, 0.5) is 8.78 Å². The van der Waals surface area contributed by atoms with Crippen molar-refractivity contribution >= 4 is 21.8 Å². The van der Waals surface area contributed by atoms with E-state index < -0.39 is 12.5 Å². The number of carbonyl (C=O) groups is 1. The number of hydrogen-bond donors (Lipinski definition) is 0. The van der Waals surface area contributed by atoms with Crippen molar-refractivity contribution in [3.8, 4) is 5.75 Å². The van der Waals surface area contributed by atoms with Crippen LogP contribution in [0.5, 0.6) is 5.75 Å². The van der Waals surface area contributed by atoms with Crippen LogP contribution in [0.15, 0.2) is 53.0 Å². The molecule has 0 radical (unpaired) electrons. The summed E-state index contributed by atoms with van der Waals surface area (Å²) in [6, 6.07) is 14.7. The molecule has 0 bridgehead atoms. The average molecular weight is 410 g/mol. The quantitative estimate of drug-likeness (QED) is 0.718. The molecule has 0 unspecified atom stereocenters. The van der Waals surface area contributed by atoms with Crippen molar-refractivity contribution in [2.75, 3.05) is 13.1 Å². The number of halogens is 3. The molecule has 1 amide bonds. The summed E-state index contributed by atoms with van der Waals surface area (Å²) >= 11 is 3.35. The molecule has 0 aliphatic carbocycles. The summed E-state index contributed by atoms with van der Waals surface area (Å²) in [5, 5.41) is 0. The molecule has 1 fully saturated rings. The van der Waals surface area contributed by atoms with Crippen LogP contribution in [0.3, 0.4) is 0 Å². The zero-order chi connectivity index (χ0) is 17.9. The summed E-state index contributed by atoms with van der Waals surface area (Å²) in [5.41, 5.74) is 1.40. The van der Waals surface area contributed by atoms with Gasteiger partial charge in [-0.3, -0.25) is 4.79 Å². The summed E-state index contributed by atoms with van der Waals surface area (Å²) in [5.74, 6) is -2.59. The molecule has 2 aromatic rings. The largest absolute Gasteiger partial charge is 0.489 e. The van der Waals surface area contributed by atoms with Gasteiger partial charge in [-0.05, 0) is 46.1 Å². The predicted octanol–water partition coefficient (Wildman–Crippen LogP) is 4.90. The standard InChI is InChI=1S/C19H18BrF2NO2/c20-17-11-15(25-12-14-5-2-1-3-6-14)7-8-16(17)18(24)23-10-4-9-19(21,22)13-23/h1-3,5-8,11H,4,9-10,12-13H2. The fourth-order valence-electron chi connectivity index (χ4n) is 2.81. The minimum absolute atomic E-state index is 0.162. The predicted molar refractivity (Wildman–Crippen MR) is 95.0 cm³/mol. The maximum Gasteiger partial charge on any atom is 0.265 e. The highest BCUT2D eigenvalue weighted by atomic mass is 79.9. The van der Waals surface area contributed by atoms with E-state index in [-0.39, 0.29) is 12.3 Å². The number of ether oxygens (including phenoxy) is 1. The van der Waals surface area contributed by atoms with Crippen LogP contribution < -0.4 is 4.74 Å². The normalized spacial score (nSPS) is 16.5. The molecule has 1 aliphatic heterocycles. The zero-order valence-electron chi connectivity index (χ0n) is 13.6.